The van der Waals surface area contributed by atoms with Gasteiger partial charge in [-0.05, 0) is 52.8 Å². The van der Waals surface area contributed by atoms with Crippen LogP contribution >= 0.6 is 0 Å². The maximum Gasteiger partial charge on any atom is 0.144 e. The maximum atomic E-state index is 13.5. The van der Waals surface area contributed by atoms with E-state index in [1.807, 2.05) is 24.3 Å². The third kappa shape index (κ3) is 3.09. The van der Waals surface area contributed by atoms with Crippen molar-refractivity contribution in [3.8, 4) is 5.75 Å². The molecule has 2 nitrogen and oxygen atoms in total. The van der Waals surface area contributed by atoms with Crippen LogP contribution in [0.4, 0.5) is 0 Å². The van der Waals surface area contributed by atoms with Gasteiger partial charge in [-0.25, -0.2) is 0 Å². The number of carbonyl (C=O) groups excluding carboxylic acids is 1. The fourth-order valence-electron chi connectivity index (χ4n) is 5.27. The number of aromatic hydroxyl groups is 1. The molecule has 0 heterocycles. The summed E-state index contributed by atoms with van der Waals surface area (Å²) >= 11 is 0. The molecule has 0 saturated heterocycles. The van der Waals surface area contributed by atoms with Gasteiger partial charge < -0.3 is 5.11 Å². The van der Waals surface area contributed by atoms with Crippen molar-refractivity contribution in [1.29, 1.82) is 0 Å². The van der Waals surface area contributed by atoms with Crippen molar-refractivity contribution in [1.82, 2.24) is 0 Å². The summed E-state index contributed by atoms with van der Waals surface area (Å²) in [5, 5.41) is 9.81. The molecule has 5 rings (SSSR count). The summed E-state index contributed by atoms with van der Waals surface area (Å²) in [6, 6.07) is 28.4. The predicted molar refractivity (Wildman–Crippen MR) is 116 cm³/mol. The zero-order chi connectivity index (χ0) is 19.8. The number of phenolic OH excluding ortho intramolecular Hbond substituents is 1. The average Bonchev–Trinajstić information content (AvgIpc) is 2.76. The van der Waals surface area contributed by atoms with Crippen LogP contribution < -0.4 is 0 Å². The van der Waals surface area contributed by atoms with Gasteiger partial charge in [0.1, 0.15) is 11.5 Å². The van der Waals surface area contributed by atoms with Crippen LogP contribution in [-0.2, 0) is 4.79 Å². The molecule has 2 heteroatoms. The van der Waals surface area contributed by atoms with Crippen molar-refractivity contribution < 1.29 is 9.90 Å². The van der Waals surface area contributed by atoms with E-state index in [1.165, 1.54) is 16.7 Å². The summed E-state index contributed by atoms with van der Waals surface area (Å²) in [7, 11) is 0. The van der Waals surface area contributed by atoms with Crippen LogP contribution in [0.3, 0.4) is 0 Å². The molecule has 29 heavy (non-hydrogen) atoms. The fourth-order valence-corrected chi connectivity index (χ4v) is 5.27. The molecule has 0 aliphatic heterocycles. The first-order valence-corrected chi connectivity index (χ1v) is 10.4. The topological polar surface area (TPSA) is 37.3 Å². The van der Waals surface area contributed by atoms with Crippen molar-refractivity contribution in [2.75, 3.05) is 0 Å². The van der Waals surface area contributed by atoms with E-state index in [9.17, 15) is 9.90 Å². The number of allylic oxidation sites excluding steroid dienone is 2. The zero-order valence-electron chi connectivity index (χ0n) is 16.3. The molecule has 1 saturated carbocycles. The number of hydrogen-bond acceptors (Lipinski definition) is 2. The second kappa shape index (κ2) is 7.36. The van der Waals surface area contributed by atoms with Crippen molar-refractivity contribution in [3.05, 3.63) is 102 Å². The Hall–Kier alpha value is -3.13. The van der Waals surface area contributed by atoms with Crippen molar-refractivity contribution in [2.45, 2.75) is 25.2 Å². The second-order valence-electron chi connectivity index (χ2n) is 8.12. The van der Waals surface area contributed by atoms with Gasteiger partial charge >= 0.3 is 0 Å². The van der Waals surface area contributed by atoms with Crippen molar-refractivity contribution >= 4 is 16.9 Å². The molecule has 3 aromatic carbocycles. The Morgan fingerprint density at radius 3 is 2.00 bits per heavy atom. The summed E-state index contributed by atoms with van der Waals surface area (Å²) in [6.07, 6.45) is 2.94. The first-order chi connectivity index (χ1) is 14.2. The van der Waals surface area contributed by atoms with Crippen LogP contribution in [0.2, 0.25) is 0 Å². The van der Waals surface area contributed by atoms with E-state index in [1.54, 1.807) is 12.1 Å². The maximum absolute atomic E-state index is 13.5. The van der Waals surface area contributed by atoms with E-state index in [-0.39, 0.29) is 23.5 Å². The fraction of sp³-hybridized carbons (Fsp3) is 0.222. The molecule has 0 amide bonds. The lowest BCUT2D eigenvalue weighted by molar-refractivity contribution is -0.127. The minimum atomic E-state index is -0.0616. The van der Waals surface area contributed by atoms with Gasteiger partial charge in [0.05, 0.1) is 0 Å². The lowest BCUT2D eigenvalue weighted by Crippen LogP contribution is -2.38. The third-order valence-electron chi connectivity index (χ3n) is 6.49. The largest absolute Gasteiger partial charge is 0.508 e. The van der Waals surface area contributed by atoms with E-state index in [4.69, 9.17) is 0 Å². The lowest BCUT2D eigenvalue weighted by atomic mass is 9.59. The van der Waals surface area contributed by atoms with Crippen molar-refractivity contribution in [2.24, 2.45) is 11.8 Å². The number of phenols is 1. The zero-order valence-corrected chi connectivity index (χ0v) is 16.3. The summed E-state index contributed by atoms with van der Waals surface area (Å²) in [4.78, 5) is 13.5. The molecule has 0 aromatic heterocycles. The van der Waals surface area contributed by atoms with Crippen molar-refractivity contribution in [3.63, 3.8) is 0 Å². The van der Waals surface area contributed by atoms with Gasteiger partial charge in [0, 0.05) is 17.8 Å². The van der Waals surface area contributed by atoms with E-state index in [0.717, 1.165) is 30.4 Å². The van der Waals surface area contributed by atoms with E-state index in [2.05, 4.69) is 48.5 Å². The normalized spacial score (nSPS) is 23.9. The molecular weight excluding hydrogens is 356 g/mol. The first kappa shape index (κ1) is 17.9. The number of Topliss-reactive ketones (excluding diaryl/α,β-unsaturated/α-hetero) is 1. The van der Waals surface area contributed by atoms with Gasteiger partial charge in [-0.2, -0.15) is 0 Å². The molecule has 3 unspecified atom stereocenters. The van der Waals surface area contributed by atoms with Crippen LogP contribution in [-0.4, -0.2) is 10.9 Å². The number of hydrogen-bond donors (Lipinski definition) is 1. The number of benzene rings is 3. The van der Waals surface area contributed by atoms with Crippen LogP contribution in [0.1, 0.15) is 41.9 Å². The number of rotatable bonds is 3. The highest BCUT2D eigenvalue weighted by molar-refractivity contribution is 6.09. The predicted octanol–water partition coefficient (Wildman–Crippen LogP) is 6.09. The minimum absolute atomic E-state index is 0.0345. The molecule has 0 spiro atoms. The number of ketones is 1. The first-order valence-electron chi connectivity index (χ1n) is 10.4. The van der Waals surface area contributed by atoms with Gasteiger partial charge in [-0.15, -0.1) is 0 Å². The van der Waals surface area contributed by atoms with Crippen LogP contribution in [0.5, 0.6) is 5.75 Å². The van der Waals surface area contributed by atoms with Crippen LogP contribution in [0.25, 0.3) is 11.1 Å². The third-order valence-corrected chi connectivity index (χ3v) is 6.49. The molecule has 2 bridgehead atoms. The molecule has 3 atom stereocenters. The molecular formula is C27H24O2. The molecule has 144 valence electrons. The van der Waals surface area contributed by atoms with Crippen LogP contribution in [0.15, 0.2) is 84.9 Å². The summed E-state index contributed by atoms with van der Waals surface area (Å²) in [5.74, 6) is 0.666. The van der Waals surface area contributed by atoms with Gasteiger partial charge in [0.25, 0.3) is 0 Å². The summed E-state index contributed by atoms with van der Waals surface area (Å²) < 4.78 is 0. The van der Waals surface area contributed by atoms with Gasteiger partial charge in [0.2, 0.25) is 0 Å². The standard InChI is InChI=1S/C27H24O2/c28-21-16-14-20(15-17-21)25-23-13-7-12-22(27(23)29)24(18-8-3-1-4-9-18)26(25)19-10-5-2-6-11-19/h1-6,8-11,14-17,22-24,28H,7,12-13H2. The van der Waals surface area contributed by atoms with Gasteiger partial charge in [-0.3, -0.25) is 4.79 Å². The van der Waals surface area contributed by atoms with E-state index >= 15 is 0 Å². The Kier molecular flexibility index (Phi) is 4.55. The molecule has 1 N–H and O–H groups in total. The molecule has 2 aliphatic rings. The minimum Gasteiger partial charge on any atom is -0.508 e. The Morgan fingerprint density at radius 1 is 0.690 bits per heavy atom. The molecule has 2 aliphatic carbocycles. The lowest BCUT2D eigenvalue weighted by Gasteiger charge is -2.43. The molecule has 1 fully saturated rings. The highest BCUT2D eigenvalue weighted by Crippen LogP contribution is 2.55. The van der Waals surface area contributed by atoms with E-state index < -0.39 is 0 Å². The average molecular weight is 380 g/mol. The monoisotopic (exact) mass is 380 g/mol. The smallest absolute Gasteiger partial charge is 0.144 e. The highest BCUT2D eigenvalue weighted by atomic mass is 16.3. The second-order valence-corrected chi connectivity index (χ2v) is 8.12. The summed E-state index contributed by atoms with van der Waals surface area (Å²) in [6.45, 7) is 0. The summed E-state index contributed by atoms with van der Waals surface area (Å²) in [5.41, 5.74) is 5.86. The highest BCUT2D eigenvalue weighted by Gasteiger charge is 2.46. The van der Waals surface area contributed by atoms with Gasteiger partial charge in [0.15, 0.2) is 0 Å². The molecule has 0 radical (unpaired) electrons. The van der Waals surface area contributed by atoms with Gasteiger partial charge in [-0.1, -0.05) is 79.2 Å². The SMILES string of the molecule is O=C1C2CCCC1C(c1ccccc1)C(c1ccccc1)=C2c1ccc(O)cc1. The Balaban J connectivity index is 1.83. The quantitative estimate of drug-likeness (QED) is 0.597. The van der Waals surface area contributed by atoms with E-state index in [0.29, 0.717) is 5.78 Å². The number of carbonyl (C=O) groups is 1. The Morgan fingerprint density at radius 2 is 1.31 bits per heavy atom. The number of fused-ring (bicyclic) bond motifs is 2. The Labute approximate surface area is 171 Å². The Bertz CT molecular complexity index is 1050. The van der Waals surface area contributed by atoms with Crippen LogP contribution in [0, 0.1) is 11.8 Å². The molecule has 3 aromatic rings.